The summed E-state index contributed by atoms with van der Waals surface area (Å²) in [6.07, 6.45) is -1.30. The number of imidazole rings is 1. The van der Waals surface area contributed by atoms with Crippen molar-refractivity contribution >= 4 is 23.1 Å². The van der Waals surface area contributed by atoms with Crippen LogP contribution in [-0.4, -0.2) is 21.2 Å². The quantitative estimate of drug-likeness (QED) is 0.343. The van der Waals surface area contributed by atoms with Crippen LogP contribution >= 0.6 is 0 Å². The van der Waals surface area contributed by atoms with Crippen molar-refractivity contribution in [2.75, 3.05) is 5.32 Å². The topological polar surface area (TPSA) is 75.5 Å². The Balaban J connectivity index is 1.58. The Morgan fingerprint density at radius 3 is 2.47 bits per heavy atom. The van der Waals surface area contributed by atoms with Gasteiger partial charge in [-0.1, -0.05) is 38.1 Å². The Morgan fingerprint density at radius 1 is 0.972 bits per heavy atom. The molecule has 1 atom stereocenters. The summed E-state index contributed by atoms with van der Waals surface area (Å²) in [4.78, 5) is 30.1. The molecule has 6 nitrogen and oxygen atoms in total. The zero-order valence-corrected chi connectivity index (χ0v) is 19.9. The molecule has 0 unspecified atom stereocenters. The van der Waals surface area contributed by atoms with E-state index in [1.54, 1.807) is 28.8 Å². The Kier molecular flexibility index (Phi) is 6.83. The molecule has 0 saturated heterocycles. The molecule has 4 aromatic rings. The van der Waals surface area contributed by atoms with E-state index in [9.17, 15) is 22.8 Å². The predicted molar refractivity (Wildman–Crippen MR) is 131 cm³/mol. The fourth-order valence-electron chi connectivity index (χ4n) is 3.95. The molecule has 0 fully saturated rings. The first kappa shape index (κ1) is 25.0. The first-order chi connectivity index (χ1) is 17.0. The molecular weight excluding hydrogens is 469 g/mol. The summed E-state index contributed by atoms with van der Waals surface area (Å²) in [5.74, 6) is -1.04. The van der Waals surface area contributed by atoms with Crippen molar-refractivity contribution in [3.63, 3.8) is 0 Å². The van der Waals surface area contributed by atoms with Crippen LogP contribution in [0.3, 0.4) is 0 Å². The highest BCUT2D eigenvalue weighted by molar-refractivity contribution is 6.04. The third kappa shape index (κ3) is 5.25. The van der Waals surface area contributed by atoms with E-state index in [1.807, 2.05) is 39.0 Å². The number of fused-ring (bicyclic) bond motifs is 1. The van der Waals surface area contributed by atoms with Gasteiger partial charge in [0.05, 0.1) is 17.8 Å². The number of hydrogen-bond donors (Lipinski definition) is 2. The molecule has 0 radical (unpaired) electrons. The average molecular weight is 495 g/mol. The molecule has 9 heteroatoms. The minimum absolute atomic E-state index is 0.0789. The number of anilines is 1. The molecule has 2 aromatic heterocycles. The Labute approximate surface area is 206 Å². The van der Waals surface area contributed by atoms with Gasteiger partial charge in [0.1, 0.15) is 11.3 Å². The molecule has 0 aliphatic carbocycles. The number of carbonyl (C=O) groups excluding carboxylic acids is 2. The van der Waals surface area contributed by atoms with Gasteiger partial charge in [0.2, 0.25) is 0 Å². The molecular formula is C27H25F3N4O2. The standard InChI is InChI=1S/C27H25F3N4O2/c1-16(2)24(33-25(35)19-7-6-8-20(13-19)27(28,29)30)18-11-10-17(3)21(14-18)32-26(36)22-15-31-23-9-4-5-12-34(22)23/h4-16,24H,1-3H3,(H,32,36)(H,33,35)/t24-/m0/s1. The fraction of sp³-hybridized carbons (Fsp3) is 0.222. The van der Waals surface area contributed by atoms with Crippen LogP contribution in [0.25, 0.3) is 5.65 Å². The Bertz CT molecular complexity index is 1430. The van der Waals surface area contributed by atoms with E-state index in [1.165, 1.54) is 18.3 Å². The lowest BCUT2D eigenvalue weighted by molar-refractivity contribution is -0.137. The van der Waals surface area contributed by atoms with E-state index in [2.05, 4.69) is 15.6 Å². The summed E-state index contributed by atoms with van der Waals surface area (Å²) in [7, 11) is 0. The number of aromatic nitrogens is 2. The number of halogens is 3. The molecule has 0 saturated carbocycles. The number of alkyl halides is 3. The van der Waals surface area contributed by atoms with Crippen LogP contribution in [-0.2, 0) is 6.18 Å². The largest absolute Gasteiger partial charge is 0.416 e. The third-order valence-corrected chi connectivity index (χ3v) is 5.92. The third-order valence-electron chi connectivity index (χ3n) is 5.92. The summed E-state index contributed by atoms with van der Waals surface area (Å²) in [5, 5.41) is 5.76. The van der Waals surface area contributed by atoms with Crippen LogP contribution in [0.2, 0.25) is 0 Å². The molecule has 2 N–H and O–H groups in total. The molecule has 2 amide bonds. The summed E-state index contributed by atoms with van der Waals surface area (Å²) in [6, 6.07) is 14.7. The highest BCUT2D eigenvalue weighted by atomic mass is 19.4. The fourth-order valence-corrected chi connectivity index (χ4v) is 3.95. The van der Waals surface area contributed by atoms with Gasteiger partial charge in [-0.2, -0.15) is 13.2 Å². The van der Waals surface area contributed by atoms with E-state index < -0.39 is 23.7 Å². The number of benzene rings is 2. The predicted octanol–water partition coefficient (Wildman–Crippen LogP) is 6.04. The van der Waals surface area contributed by atoms with Gasteiger partial charge in [0.15, 0.2) is 0 Å². The lowest BCUT2D eigenvalue weighted by Crippen LogP contribution is -2.32. The second-order valence-electron chi connectivity index (χ2n) is 8.87. The second-order valence-corrected chi connectivity index (χ2v) is 8.87. The maximum atomic E-state index is 13.1. The minimum Gasteiger partial charge on any atom is -0.345 e. The number of nitrogens with one attached hydrogen (secondary N) is 2. The normalized spacial score (nSPS) is 12.5. The van der Waals surface area contributed by atoms with E-state index >= 15 is 0 Å². The van der Waals surface area contributed by atoms with Crippen LogP contribution in [0, 0.1) is 12.8 Å². The number of aryl methyl sites for hydroxylation is 1. The van der Waals surface area contributed by atoms with Gasteiger partial charge in [-0.25, -0.2) is 4.98 Å². The van der Waals surface area contributed by atoms with Gasteiger partial charge in [0, 0.05) is 17.4 Å². The molecule has 36 heavy (non-hydrogen) atoms. The lowest BCUT2D eigenvalue weighted by Gasteiger charge is -2.24. The molecule has 0 bridgehead atoms. The van der Waals surface area contributed by atoms with Gasteiger partial charge in [-0.05, 0) is 60.4 Å². The first-order valence-electron chi connectivity index (χ1n) is 11.4. The van der Waals surface area contributed by atoms with Crippen LogP contribution in [0.4, 0.5) is 18.9 Å². The highest BCUT2D eigenvalue weighted by Gasteiger charge is 2.31. The highest BCUT2D eigenvalue weighted by Crippen LogP contribution is 2.30. The van der Waals surface area contributed by atoms with Gasteiger partial charge in [-0.3, -0.25) is 14.0 Å². The maximum absolute atomic E-state index is 13.1. The van der Waals surface area contributed by atoms with Crippen LogP contribution in [0.1, 0.15) is 57.4 Å². The average Bonchev–Trinajstić information content (AvgIpc) is 3.27. The Hall–Kier alpha value is -4.14. The number of amides is 2. The summed E-state index contributed by atoms with van der Waals surface area (Å²) < 4.78 is 41.0. The second kappa shape index (κ2) is 9.85. The van der Waals surface area contributed by atoms with Gasteiger partial charge in [-0.15, -0.1) is 0 Å². The van der Waals surface area contributed by atoms with Crippen LogP contribution < -0.4 is 10.6 Å². The van der Waals surface area contributed by atoms with Crippen molar-refractivity contribution in [1.82, 2.24) is 14.7 Å². The molecule has 2 heterocycles. The first-order valence-corrected chi connectivity index (χ1v) is 11.4. The summed E-state index contributed by atoms with van der Waals surface area (Å²) in [6.45, 7) is 5.64. The van der Waals surface area contributed by atoms with Crippen molar-refractivity contribution in [2.24, 2.45) is 5.92 Å². The molecule has 4 rings (SSSR count). The lowest BCUT2D eigenvalue weighted by atomic mass is 9.94. The van der Waals surface area contributed by atoms with Crippen molar-refractivity contribution in [3.8, 4) is 0 Å². The van der Waals surface area contributed by atoms with E-state index in [-0.39, 0.29) is 17.4 Å². The maximum Gasteiger partial charge on any atom is 0.416 e. The number of rotatable bonds is 6. The van der Waals surface area contributed by atoms with E-state index in [4.69, 9.17) is 0 Å². The molecule has 0 aliphatic rings. The van der Waals surface area contributed by atoms with Crippen molar-refractivity contribution in [2.45, 2.75) is 33.0 Å². The smallest absolute Gasteiger partial charge is 0.345 e. The number of nitrogens with zero attached hydrogens (tertiary/aromatic N) is 2. The van der Waals surface area contributed by atoms with Gasteiger partial charge < -0.3 is 10.6 Å². The number of hydrogen-bond acceptors (Lipinski definition) is 3. The Morgan fingerprint density at radius 2 is 1.75 bits per heavy atom. The van der Waals surface area contributed by atoms with Crippen molar-refractivity contribution in [3.05, 3.63) is 101 Å². The number of carbonyl (C=O) groups is 2. The molecule has 186 valence electrons. The monoisotopic (exact) mass is 494 g/mol. The van der Waals surface area contributed by atoms with Gasteiger partial charge in [0.25, 0.3) is 11.8 Å². The zero-order chi connectivity index (χ0) is 26.0. The van der Waals surface area contributed by atoms with Gasteiger partial charge >= 0.3 is 6.18 Å². The van der Waals surface area contributed by atoms with Crippen LogP contribution in [0.15, 0.2) is 73.1 Å². The summed E-state index contributed by atoms with van der Waals surface area (Å²) in [5.41, 5.74) is 2.13. The van der Waals surface area contributed by atoms with E-state index in [0.717, 1.165) is 17.7 Å². The molecule has 0 spiro atoms. The number of pyridine rings is 1. The molecule has 0 aliphatic heterocycles. The van der Waals surface area contributed by atoms with E-state index in [0.29, 0.717) is 22.6 Å². The van der Waals surface area contributed by atoms with Crippen LogP contribution in [0.5, 0.6) is 0 Å². The zero-order valence-electron chi connectivity index (χ0n) is 19.9. The molecule has 2 aromatic carbocycles. The summed E-state index contributed by atoms with van der Waals surface area (Å²) >= 11 is 0. The SMILES string of the molecule is Cc1ccc([C@@H](NC(=O)c2cccc(C(F)(F)F)c2)C(C)C)cc1NC(=O)c1cnc2ccccn12. The van der Waals surface area contributed by atoms with Crippen molar-refractivity contribution in [1.29, 1.82) is 0 Å². The minimum atomic E-state index is -4.54. The van der Waals surface area contributed by atoms with Crippen molar-refractivity contribution < 1.29 is 22.8 Å².